The van der Waals surface area contributed by atoms with E-state index in [2.05, 4.69) is 33.7 Å². The Balaban J connectivity index is 1.43. The van der Waals surface area contributed by atoms with E-state index in [-0.39, 0.29) is 21.2 Å². The first-order chi connectivity index (χ1) is 17.3. The number of nitrogens with one attached hydrogen (secondary N) is 2. The molecule has 0 bridgehead atoms. The Morgan fingerprint density at radius 1 is 0.861 bits per heavy atom. The molecule has 0 aliphatic rings. The standard InChI is InChI=1S/C28H24ClN3O3S/c1-3-32-26-7-5-4-6-22(26)23-16-19(11-15-27(23)32)30-28(33)24-17-20(10-14-25(24)29)31-36(34,35)21-12-8-18(2)9-13-21/h4-17,31H,3H2,1-2H3,(H,30,33). The van der Waals surface area contributed by atoms with Gasteiger partial charge in [0.1, 0.15) is 0 Å². The number of carbonyl (C=O) groups is 1. The van der Waals surface area contributed by atoms with Gasteiger partial charge in [-0.15, -0.1) is 0 Å². The fourth-order valence-electron chi connectivity index (χ4n) is 4.36. The van der Waals surface area contributed by atoms with Crippen molar-refractivity contribution in [3.05, 3.63) is 101 Å². The number of carbonyl (C=O) groups excluding carboxylic acids is 1. The molecule has 1 heterocycles. The van der Waals surface area contributed by atoms with E-state index in [1.807, 2.05) is 37.3 Å². The van der Waals surface area contributed by atoms with Gasteiger partial charge in [-0.2, -0.15) is 0 Å². The first-order valence-corrected chi connectivity index (χ1v) is 13.3. The molecule has 5 rings (SSSR count). The summed E-state index contributed by atoms with van der Waals surface area (Å²) in [5, 5.41) is 5.26. The fraction of sp³-hybridized carbons (Fsp3) is 0.107. The highest BCUT2D eigenvalue weighted by Gasteiger charge is 2.18. The van der Waals surface area contributed by atoms with Gasteiger partial charge in [-0.3, -0.25) is 9.52 Å². The summed E-state index contributed by atoms with van der Waals surface area (Å²) in [6.45, 7) is 4.81. The van der Waals surface area contributed by atoms with E-state index >= 15 is 0 Å². The minimum Gasteiger partial charge on any atom is -0.341 e. The number of hydrogen-bond donors (Lipinski definition) is 2. The van der Waals surface area contributed by atoms with Crippen LogP contribution < -0.4 is 10.0 Å². The van der Waals surface area contributed by atoms with E-state index in [1.165, 1.54) is 30.3 Å². The lowest BCUT2D eigenvalue weighted by Gasteiger charge is -2.12. The average molecular weight is 518 g/mol. The summed E-state index contributed by atoms with van der Waals surface area (Å²) in [5.74, 6) is -0.435. The normalized spacial score (nSPS) is 11.6. The van der Waals surface area contributed by atoms with Gasteiger partial charge in [0.15, 0.2) is 0 Å². The number of fused-ring (bicyclic) bond motifs is 3. The van der Waals surface area contributed by atoms with Crippen LogP contribution in [0, 0.1) is 6.92 Å². The summed E-state index contributed by atoms with van der Waals surface area (Å²) >= 11 is 6.32. The number of rotatable bonds is 6. The van der Waals surface area contributed by atoms with E-state index in [0.29, 0.717) is 5.69 Å². The molecule has 5 aromatic rings. The zero-order valence-corrected chi connectivity index (χ0v) is 21.3. The number of amides is 1. The highest BCUT2D eigenvalue weighted by molar-refractivity contribution is 7.92. The Hall–Kier alpha value is -3.81. The summed E-state index contributed by atoms with van der Waals surface area (Å²) in [6.07, 6.45) is 0. The van der Waals surface area contributed by atoms with Crippen LogP contribution in [-0.4, -0.2) is 18.9 Å². The van der Waals surface area contributed by atoms with Gasteiger partial charge in [-0.25, -0.2) is 8.42 Å². The topological polar surface area (TPSA) is 80.2 Å². The molecule has 1 aromatic heterocycles. The smallest absolute Gasteiger partial charge is 0.261 e. The first-order valence-electron chi connectivity index (χ1n) is 11.5. The highest BCUT2D eigenvalue weighted by atomic mass is 35.5. The summed E-state index contributed by atoms with van der Waals surface area (Å²) in [4.78, 5) is 13.3. The van der Waals surface area contributed by atoms with E-state index < -0.39 is 15.9 Å². The van der Waals surface area contributed by atoms with Crippen LogP contribution in [0.4, 0.5) is 11.4 Å². The number of nitrogens with zero attached hydrogens (tertiary/aromatic N) is 1. The molecule has 36 heavy (non-hydrogen) atoms. The number of aromatic nitrogens is 1. The lowest BCUT2D eigenvalue weighted by Crippen LogP contribution is -2.15. The minimum absolute atomic E-state index is 0.133. The molecule has 182 valence electrons. The van der Waals surface area contributed by atoms with E-state index in [9.17, 15) is 13.2 Å². The molecular formula is C28H24ClN3O3S. The Morgan fingerprint density at radius 2 is 1.56 bits per heavy atom. The van der Waals surface area contributed by atoms with Gasteiger partial charge in [-0.05, 0) is 68.4 Å². The van der Waals surface area contributed by atoms with Crippen molar-refractivity contribution in [1.29, 1.82) is 0 Å². The van der Waals surface area contributed by atoms with Gasteiger partial charge < -0.3 is 9.88 Å². The number of halogens is 1. The van der Waals surface area contributed by atoms with Crippen LogP contribution in [0.15, 0.2) is 89.8 Å². The Morgan fingerprint density at radius 3 is 2.31 bits per heavy atom. The fourth-order valence-corrected chi connectivity index (χ4v) is 5.62. The van der Waals surface area contributed by atoms with Gasteiger partial charge >= 0.3 is 0 Å². The van der Waals surface area contributed by atoms with E-state index in [0.717, 1.165) is 33.9 Å². The SMILES string of the molecule is CCn1c2ccccc2c2cc(NC(=O)c3cc(NS(=O)(=O)c4ccc(C)cc4)ccc3Cl)ccc21. The van der Waals surface area contributed by atoms with Crippen molar-refractivity contribution in [2.75, 3.05) is 10.0 Å². The van der Waals surface area contributed by atoms with Crippen molar-refractivity contribution >= 4 is 60.7 Å². The zero-order valence-electron chi connectivity index (χ0n) is 19.7. The second-order valence-corrected chi connectivity index (χ2v) is 10.7. The molecule has 0 spiro atoms. The Labute approximate surface area is 214 Å². The lowest BCUT2D eigenvalue weighted by molar-refractivity contribution is 0.102. The maximum absolute atomic E-state index is 13.1. The predicted molar refractivity (Wildman–Crippen MR) is 147 cm³/mol. The number of aryl methyl sites for hydroxylation is 2. The first kappa shape index (κ1) is 23.9. The summed E-state index contributed by atoms with van der Waals surface area (Å²) in [5.41, 5.74) is 4.20. The second kappa shape index (κ2) is 9.33. The molecule has 4 aromatic carbocycles. The Kier molecular flexibility index (Phi) is 6.20. The molecule has 0 unspecified atom stereocenters. The maximum Gasteiger partial charge on any atom is 0.261 e. The quantitative estimate of drug-likeness (QED) is 0.259. The Bertz CT molecular complexity index is 1730. The van der Waals surface area contributed by atoms with Gasteiger partial charge in [0, 0.05) is 39.7 Å². The van der Waals surface area contributed by atoms with Crippen molar-refractivity contribution in [3.8, 4) is 0 Å². The van der Waals surface area contributed by atoms with Crippen molar-refractivity contribution in [1.82, 2.24) is 4.57 Å². The largest absolute Gasteiger partial charge is 0.341 e. The van der Waals surface area contributed by atoms with Crippen LogP contribution in [0.25, 0.3) is 21.8 Å². The molecule has 0 fully saturated rings. The van der Waals surface area contributed by atoms with E-state index in [4.69, 9.17) is 11.6 Å². The number of sulfonamides is 1. The van der Waals surface area contributed by atoms with Crippen molar-refractivity contribution in [2.24, 2.45) is 0 Å². The summed E-state index contributed by atoms with van der Waals surface area (Å²) in [6, 6.07) is 24.9. The third-order valence-electron chi connectivity index (χ3n) is 6.14. The average Bonchev–Trinajstić information content (AvgIpc) is 3.18. The molecule has 0 atom stereocenters. The molecule has 1 amide bonds. The van der Waals surface area contributed by atoms with Gasteiger partial charge in [0.2, 0.25) is 0 Å². The van der Waals surface area contributed by atoms with E-state index in [1.54, 1.807) is 12.1 Å². The van der Waals surface area contributed by atoms with Crippen LogP contribution in [0.5, 0.6) is 0 Å². The summed E-state index contributed by atoms with van der Waals surface area (Å²) < 4.78 is 30.3. The predicted octanol–water partition coefficient (Wildman–Crippen LogP) is 6.83. The molecule has 8 heteroatoms. The van der Waals surface area contributed by atoms with Crippen molar-refractivity contribution in [2.45, 2.75) is 25.3 Å². The molecule has 6 nitrogen and oxygen atoms in total. The van der Waals surface area contributed by atoms with Crippen LogP contribution in [0.1, 0.15) is 22.8 Å². The van der Waals surface area contributed by atoms with Gasteiger partial charge in [0.05, 0.1) is 15.5 Å². The molecule has 0 radical (unpaired) electrons. The highest BCUT2D eigenvalue weighted by Crippen LogP contribution is 2.31. The summed E-state index contributed by atoms with van der Waals surface area (Å²) in [7, 11) is -3.82. The number of benzene rings is 4. The van der Waals surface area contributed by atoms with Crippen molar-refractivity contribution < 1.29 is 13.2 Å². The second-order valence-electron chi connectivity index (χ2n) is 8.56. The molecule has 0 saturated heterocycles. The van der Waals surface area contributed by atoms with Crippen LogP contribution in [0.2, 0.25) is 5.02 Å². The van der Waals surface area contributed by atoms with Gasteiger partial charge in [-0.1, -0.05) is 47.5 Å². The molecule has 2 N–H and O–H groups in total. The van der Waals surface area contributed by atoms with Crippen LogP contribution in [-0.2, 0) is 16.6 Å². The molecule has 0 aliphatic heterocycles. The van der Waals surface area contributed by atoms with Crippen LogP contribution >= 0.6 is 11.6 Å². The number of para-hydroxylation sites is 1. The number of hydrogen-bond acceptors (Lipinski definition) is 3. The lowest BCUT2D eigenvalue weighted by atomic mass is 10.1. The maximum atomic E-state index is 13.1. The number of anilines is 2. The third kappa shape index (κ3) is 4.43. The minimum atomic E-state index is -3.82. The monoisotopic (exact) mass is 517 g/mol. The molecule has 0 aliphatic carbocycles. The van der Waals surface area contributed by atoms with Crippen LogP contribution in [0.3, 0.4) is 0 Å². The molecular weight excluding hydrogens is 494 g/mol. The molecule has 0 saturated carbocycles. The van der Waals surface area contributed by atoms with Crippen molar-refractivity contribution in [3.63, 3.8) is 0 Å². The van der Waals surface area contributed by atoms with Gasteiger partial charge in [0.25, 0.3) is 15.9 Å². The third-order valence-corrected chi connectivity index (χ3v) is 7.87. The zero-order chi connectivity index (χ0) is 25.4.